The smallest absolute Gasteiger partial charge is 0.122 e. The van der Waals surface area contributed by atoms with Crippen molar-refractivity contribution in [2.24, 2.45) is 22.7 Å². The number of amidine groups is 1. The molecule has 2 saturated carbocycles. The summed E-state index contributed by atoms with van der Waals surface area (Å²) >= 11 is 0. The maximum atomic E-state index is 5.84. The Morgan fingerprint density at radius 1 is 0.786 bits per heavy atom. The third kappa shape index (κ3) is 4.25. The molecule has 224 valence electrons. The van der Waals surface area contributed by atoms with Crippen LogP contribution in [0, 0.1) is 17.8 Å². The molecular formula is C38H52N4. The van der Waals surface area contributed by atoms with Crippen molar-refractivity contribution in [1.29, 1.82) is 0 Å². The second kappa shape index (κ2) is 10.9. The lowest BCUT2D eigenvalue weighted by molar-refractivity contribution is 0.0890. The quantitative estimate of drug-likeness (QED) is 0.350. The van der Waals surface area contributed by atoms with Gasteiger partial charge in [0, 0.05) is 41.7 Å². The first-order valence-corrected chi connectivity index (χ1v) is 18.2. The number of likely N-dealkylation sites (tertiary alicyclic amines) is 1. The molecule has 3 fully saturated rings. The SMILES string of the molecule is C1=CC2=C(CC1)C1=CC3C4C=CCCC4N(C4CC=CCC4)C3CC1N2C1=NC2CCCCC2NC1C1CCCCC1. The zero-order chi connectivity index (χ0) is 27.6. The zero-order valence-electron chi connectivity index (χ0n) is 25.7. The second-order valence-corrected chi connectivity index (χ2v) is 15.2. The van der Waals surface area contributed by atoms with Gasteiger partial charge in [0.15, 0.2) is 0 Å². The summed E-state index contributed by atoms with van der Waals surface area (Å²) in [6.07, 6.45) is 40.3. The number of fused-ring (bicyclic) bond motifs is 6. The van der Waals surface area contributed by atoms with Gasteiger partial charge in [0.1, 0.15) is 5.84 Å². The lowest BCUT2D eigenvalue weighted by atomic mass is 9.74. The first kappa shape index (κ1) is 26.5. The van der Waals surface area contributed by atoms with Crippen molar-refractivity contribution in [3.63, 3.8) is 0 Å². The van der Waals surface area contributed by atoms with Gasteiger partial charge in [-0.05, 0) is 100 Å². The van der Waals surface area contributed by atoms with Crippen molar-refractivity contribution in [1.82, 2.24) is 15.1 Å². The summed E-state index contributed by atoms with van der Waals surface area (Å²) in [6.45, 7) is 0. The monoisotopic (exact) mass is 564 g/mol. The zero-order valence-corrected chi connectivity index (χ0v) is 25.7. The topological polar surface area (TPSA) is 30.9 Å². The van der Waals surface area contributed by atoms with Crippen molar-refractivity contribution in [3.8, 4) is 0 Å². The van der Waals surface area contributed by atoms with E-state index in [1.54, 1.807) is 11.1 Å². The Labute approximate surface area is 254 Å². The van der Waals surface area contributed by atoms with Gasteiger partial charge in [0.05, 0.1) is 18.1 Å². The van der Waals surface area contributed by atoms with Gasteiger partial charge in [-0.25, -0.2) is 0 Å². The Hall–Kier alpha value is -1.91. The minimum atomic E-state index is 0.430. The van der Waals surface area contributed by atoms with E-state index in [1.807, 2.05) is 0 Å². The lowest BCUT2D eigenvalue weighted by Crippen LogP contribution is -2.62. The second-order valence-electron chi connectivity index (χ2n) is 15.2. The molecule has 1 saturated heterocycles. The molecule has 0 radical (unpaired) electrons. The van der Waals surface area contributed by atoms with E-state index >= 15 is 0 Å². The number of hydrogen-bond acceptors (Lipinski definition) is 4. The number of aliphatic imine (C=N–C) groups is 1. The van der Waals surface area contributed by atoms with E-state index in [-0.39, 0.29) is 0 Å². The maximum absolute atomic E-state index is 5.84. The number of nitrogens with zero attached hydrogens (tertiary/aromatic N) is 3. The third-order valence-electron chi connectivity index (χ3n) is 13.1. The van der Waals surface area contributed by atoms with Crippen LogP contribution in [-0.2, 0) is 0 Å². The van der Waals surface area contributed by atoms with Crippen LogP contribution in [0.1, 0.15) is 109 Å². The molecule has 1 N–H and O–H groups in total. The van der Waals surface area contributed by atoms with Crippen molar-refractivity contribution in [2.45, 2.75) is 151 Å². The molecule has 0 bridgehead atoms. The highest BCUT2D eigenvalue weighted by atomic mass is 15.3. The van der Waals surface area contributed by atoms with E-state index < -0.39 is 0 Å². The minimum absolute atomic E-state index is 0.430. The Morgan fingerprint density at radius 2 is 1.67 bits per heavy atom. The normalized spacial score (nSPS) is 43.3. The lowest BCUT2D eigenvalue weighted by Gasteiger charge is -2.48. The Morgan fingerprint density at radius 3 is 2.57 bits per heavy atom. The highest BCUT2D eigenvalue weighted by Gasteiger charge is 2.55. The van der Waals surface area contributed by atoms with Gasteiger partial charge in [-0.15, -0.1) is 0 Å². The molecule has 3 heterocycles. The maximum Gasteiger partial charge on any atom is 0.122 e. The van der Waals surface area contributed by atoms with Crippen LogP contribution >= 0.6 is 0 Å². The van der Waals surface area contributed by atoms with Gasteiger partial charge in [-0.3, -0.25) is 9.89 Å². The molecule has 9 rings (SSSR count). The van der Waals surface area contributed by atoms with E-state index in [0.717, 1.165) is 18.0 Å². The van der Waals surface area contributed by atoms with Crippen molar-refractivity contribution in [3.05, 3.63) is 59.4 Å². The third-order valence-corrected chi connectivity index (χ3v) is 13.1. The molecule has 0 aromatic carbocycles. The molecule has 0 amide bonds. The van der Waals surface area contributed by atoms with Crippen LogP contribution in [0.2, 0.25) is 0 Å². The fourth-order valence-corrected chi connectivity index (χ4v) is 11.2. The summed E-state index contributed by atoms with van der Waals surface area (Å²) in [5.74, 6) is 3.56. The van der Waals surface area contributed by atoms with Crippen LogP contribution in [-0.4, -0.2) is 57.9 Å². The summed E-state index contributed by atoms with van der Waals surface area (Å²) in [5, 5.41) is 4.32. The summed E-state index contributed by atoms with van der Waals surface area (Å²) in [4.78, 5) is 11.8. The van der Waals surface area contributed by atoms with E-state index in [1.165, 1.54) is 121 Å². The van der Waals surface area contributed by atoms with Crippen LogP contribution in [0.25, 0.3) is 0 Å². The molecule has 9 atom stereocenters. The summed E-state index contributed by atoms with van der Waals surface area (Å²) in [5.41, 5.74) is 4.90. The number of hydrogen-bond donors (Lipinski definition) is 1. The van der Waals surface area contributed by atoms with Gasteiger partial charge in [0.25, 0.3) is 0 Å². The summed E-state index contributed by atoms with van der Waals surface area (Å²) < 4.78 is 0. The predicted molar refractivity (Wildman–Crippen MR) is 172 cm³/mol. The van der Waals surface area contributed by atoms with Crippen molar-refractivity contribution >= 4 is 5.84 Å². The van der Waals surface area contributed by atoms with Crippen molar-refractivity contribution < 1.29 is 0 Å². The molecule has 0 spiro atoms. The van der Waals surface area contributed by atoms with Gasteiger partial charge >= 0.3 is 0 Å². The van der Waals surface area contributed by atoms with Gasteiger partial charge in [0.2, 0.25) is 0 Å². The summed E-state index contributed by atoms with van der Waals surface area (Å²) in [7, 11) is 0. The Kier molecular flexibility index (Phi) is 6.88. The van der Waals surface area contributed by atoms with Crippen LogP contribution in [0.5, 0.6) is 0 Å². The number of allylic oxidation sites excluding steroid dienone is 4. The van der Waals surface area contributed by atoms with E-state index in [4.69, 9.17) is 4.99 Å². The van der Waals surface area contributed by atoms with Gasteiger partial charge in [-0.2, -0.15) is 0 Å². The standard InChI is InChI=1S/C38H52N4/c1-3-13-25(14-4-1)37-38(40-32-20-10-9-19-31(32)39-37)42-34-22-12-8-18-28(34)30-23-29-27-17-7-11-21-33(27)41(35(29)24-36(30)42)26-15-5-2-6-16-26/h2,5,7,12,17,22-23,25-27,29,31-33,35-37,39H,1,3-4,6,8-11,13-16,18-21,24H2. The molecule has 9 unspecified atom stereocenters. The van der Waals surface area contributed by atoms with Crippen molar-refractivity contribution in [2.75, 3.05) is 0 Å². The first-order chi connectivity index (χ1) is 20.8. The molecule has 0 aromatic heterocycles. The van der Waals surface area contributed by atoms with Gasteiger partial charge in [-0.1, -0.05) is 68.6 Å². The molecule has 3 aliphatic heterocycles. The van der Waals surface area contributed by atoms with E-state index in [2.05, 4.69) is 57.6 Å². The fourth-order valence-electron chi connectivity index (χ4n) is 11.2. The number of nitrogens with one attached hydrogen (secondary N) is 1. The molecular weight excluding hydrogens is 512 g/mol. The first-order valence-electron chi connectivity index (χ1n) is 18.2. The minimum Gasteiger partial charge on any atom is -0.321 e. The largest absolute Gasteiger partial charge is 0.321 e. The molecule has 4 heteroatoms. The van der Waals surface area contributed by atoms with Crippen LogP contribution in [0.3, 0.4) is 0 Å². The Bertz CT molecular complexity index is 1250. The van der Waals surface area contributed by atoms with E-state index in [9.17, 15) is 0 Å². The highest BCUT2D eigenvalue weighted by molar-refractivity contribution is 5.92. The molecule has 0 aromatic rings. The predicted octanol–water partition coefficient (Wildman–Crippen LogP) is 7.61. The molecule has 6 aliphatic carbocycles. The van der Waals surface area contributed by atoms with Crippen LogP contribution in [0.15, 0.2) is 64.4 Å². The highest BCUT2D eigenvalue weighted by Crippen LogP contribution is 2.54. The van der Waals surface area contributed by atoms with Gasteiger partial charge < -0.3 is 10.2 Å². The molecule has 4 nitrogen and oxygen atoms in total. The fraction of sp³-hybridized carbons (Fsp3) is 0.711. The average molecular weight is 565 g/mol. The van der Waals surface area contributed by atoms with E-state index in [0.29, 0.717) is 42.0 Å². The summed E-state index contributed by atoms with van der Waals surface area (Å²) in [6, 6.07) is 4.09. The average Bonchev–Trinajstić information content (AvgIpc) is 3.56. The Balaban J connectivity index is 1.13. The molecule has 42 heavy (non-hydrogen) atoms. The number of rotatable bonds is 2. The van der Waals surface area contributed by atoms with Crippen LogP contribution in [0.4, 0.5) is 0 Å². The molecule has 9 aliphatic rings. The van der Waals surface area contributed by atoms with Crippen LogP contribution < -0.4 is 5.32 Å².